The highest BCUT2D eigenvalue weighted by molar-refractivity contribution is 4.74. The van der Waals surface area contributed by atoms with Gasteiger partial charge >= 0.3 is 0 Å². The number of ether oxygens (including phenoxy) is 1. The van der Waals surface area contributed by atoms with E-state index in [0.29, 0.717) is 0 Å². The second-order valence-electron chi connectivity index (χ2n) is 4.71. The molecule has 0 N–H and O–H groups in total. The van der Waals surface area contributed by atoms with Crippen LogP contribution < -0.4 is 0 Å². The molecule has 0 saturated carbocycles. The molecule has 0 spiro atoms. The lowest BCUT2D eigenvalue weighted by Gasteiger charge is -2.34. The van der Waals surface area contributed by atoms with E-state index in [1.54, 1.807) is 7.11 Å². The molecule has 0 atom stereocenters. The molecule has 0 aliphatic carbocycles. The summed E-state index contributed by atoms with van der Waals surface area (Å²) < 4.78 is 5.08. The van der Waals surface area contributed by atoms with Crippen LogP contribution in [-0.2, 0) is 4.74 Å². The van der Waals surface area contributed by atoms with Crippen molar-refractivity contribution in [3.8, 4) is 0 Å². The largest absolute Gasteiger partial charge is 0.385 e. The third-order valence-electron chi connectivity index (χ3n) is 3.34. The molecule has 0 bridgehead atoms. The van der Waals surface area contributed by atoms with E-state index >= 15 is 0 Å². The highest BCUT2D eigenvalue weighted by Gasteiger charge is 2.19. The molecule has 112 valence electrons. The number of methoxy groups -OCH3 is 1. The van der Waals surface area contributed by atoms with Crippen molar-refractivity contribution >= 4 is 0 Å². The molecule has 1 rings (SSSR count). The maximum atomic E-state index is 5.08. The molecule has 2 heteroatoms. The third kappa shape index (κ3) is 9.90. The van der Waals surface area contributed by atoms with E-state index in [-0.39, 0.29) is 0 Å². The van der Waals surface area contributed by atoms with Gasteiger partial charge in [0.1, 0.15) is 0 Å². The van der Waals surface area contributed by atoms with Crippen molar-refractivity contribution in [3.05, 3.63) is 0 Å². The Labute approximate surface area is 116 Å². The quantitative estimate of drug-likeness (QED) is 0.670. The average Bonchev–Trinajstić information content (AvgIpc) is 2.44. The van der Waals surface area contributed by atoms with Crippen LogP contribution in [0, 0.1) is 5.92 Å². The summed E-state index contributed by atoms with van der Waals surface area (Å²) in [6.07, 6.45) is 5.38. The molecular formula is C16H37NO. The third-order valence-corrected chi connectivity index (χ3v) is 3.34. The van der Waals surface area contributed by atoms with Crippen molar-refractivity contribution < 1.29 is 4.74 Å². The number of nitrogens with zero attached hydrogens (tertiary/aromatic N) is 1. The second kappa shape index (κ2) is 15.0. The molecule has 0 aromatic rings. The van der Waals surface area contributed by atoms with Gasteiger partial charge in [0.2, 0.25) is 0 Å². The number of likely N-dealkylation sites (tertiary alicyclic amines) is 1. The Balaban J connectivity index is 0. The molecular weight excluding hydrogens is 222 g/mol. The molecule has 0 radical (unpaired) electrons. The fourth-order valence-corrected chi connectivity index (χ4v) is 2.27. The van der Waals surface area contributed by atoms with Gasteiger partial charge in [-0.05, 0) is 58.5 Å². The standard InChI is InChI=1S/C12H25NO.2C2H6/c1-11(2)13-8-6-12(7-9-13)5-4-10-14-3;2*1-2/h11-12H,4-10H2,1-3H3;2*1-2H3. The van der Waals surface area contributed by atoms with Gasteiger partial charge in [0.15, 0.2) is 0 Å². The molecule has 1 fully saturated rings. The van der Waals surface area contributed by atoms with E-state index in [1.807, 2.05) is 27.7 Å². The Kier molecular flexibility index (Phi) is 16.8. The molecule has 0 amide bonds. The Morgan fingerprint density at radius 2 is 1.56 bits per heavy atom. The monoisotopic (exact) mass is 259 g/mol. The zero-order valence-corrected chi connectivity index (χ0v) is 14.0. The van der Waals surface area contributed by atoms with Crippen molar-refractivity contribution in [3.63, 3.8) is 0 Å². The molecule has 1 aliphatic heterocycles. The number of piperidine rings is 1. The zero-order valence-electron chi connectivity index (χ0n) is 14.0. The minimum atomic E-state index is 0.731. The second-order valence-corrected chi connectivity index (χ2v) is 4.71. The first-order valence-electron chi connectivity index (χ1n) is 7.97. The fourth-order valence-electron chi connectivity index (χ4n) is 2.27. The van der Waals surface area contributed by atoms with Crippen LogP contribution in [0.4, 0.5) is 0 Å². The van der Waals surface area contributed by atoms with E-state index < -0.39 is 0 Å². The van der Waals surface area contributed by atoms with Crippen molar-refractivity contribution in [1.82, 2.24) is 4.90 Å². The summed E-state index contributed by atoms with van der Waals surface area (Å²) in [6.45, 7) is 16.1. The van der Waals surface area contributed by atoms with Gasteiger partial charge in [0.05, 0.1) is 0 Å². The first-order valence-corrected chi connectivity index (χ1v) is 7.97. The van der Waals surface area contributed by atoms with Crippen LogP contribution >= 0.6 is 0 Å². The summed E-state index contributed by atoms with van der Waals surface area (Å²) in [7, 11) is 1.79. The predicted octanol–water partition coefficient (Wildman–Crippen LogP) is 4.59. The normalized spacial score (nSPS) is 16.7. The van der Waals surface area contributed by atoms with Crippen LogP contribution in [0.25, 0.3) is 0 Å². The Bertz CT molecular complexity index is 140. The maximum Gasteiger partial charge on any atom is 0.0462 e. The van der Waals surface area contributed by atoms with Gasteiger partial charge in [0.25, 0.3) is 0 Å². The van der Waals surface area contributed by atoms with Gasteiger partial charge in [-0.1, -0.05) is 27.7 Å². The van der Waals surface area contributed by atoms with Gasteiger partial charge in [-0.3, -0.25) is 0 Å². The number of hydrogen-bond donors (Lipinski definition) is 0. The Hall–Kier alpha value is -0.0800. The minimum absolute atomic E-state index is 0.731. The molecule has 0 aromatic heterocycles. The van der Waals surface area contributed by atoms with Gasteiger partial charge in [-0.25, -0.2) is 0 Å². The smallest absolute Gasteiger partial charge is 0.0462 e. The summed E-state index contributed by atoms with van der Waals surface area (Å²) in [5.41, 5.74) is 0. The molecule has 18 heavy (non-hydrogen) atoms. The highest BCUT2D eigenvalue weighted by atomic mass is 16.5. The van der Waals surface area contributed by atoms with Crippen LogP contribution in [0.3, 0.4) is 0 Å². The molecule has 1 aliphatic rings. The summed E-state index contributed by atoms with van der Waals surface area (Å²) in [5.74, 6) is 0.958. The van der Waals surface area contributed by atoms with Gasteiger partial charge in [0, 0.05) is 19.8 Å². The lowest BCUT2D eigenvalue weighted by atomic mass is 9.92. The van der Waals surface area contributed by atoms with E-state index in [1.165, 1.54) is 38.8 Å². The van der Waals surface area contributed by atoms with Crippen molar-refractivity contribution in [1.29, 1.82) is 0 Å². The fraction of sp³-hybridized carbons (Fsp3) is 1.00. The Morgan fingerprint density at radius 3 is 1.94 bits per heavy atom. The van der Waals surface area contributed by atoms with Gasteiger partial charge in [-0.15, -0.1) is 0 Å². The van der Waals surface area contributed by atoms with E-state index in [4.69, 9.17) is 4.74 Å². The van der Waals surface area contributed by atoms with E-state index in [9.17, 15) is 0 Å². The van der Waals surface area contributed by atoms with Crippen LogP contribution in [0.2, 0.25) is 0 Å². The molecule has 1 saturated heterocycles. The minimum Gasteiger partial charge on any atom is -0.385 e. The van der Waals surface area contributed by atoms with Gasteiger partial charge < -0.3 is 9.64 Å². The number of hydrogen-bond acceptors (Lipinski definition) is 2. The van der Waals surface area contributed by atoms with Crippen molar-refractivity contribution in [2.75, 3.05) is 26.8 Å². The summed E-state index contributed by atoms with van der Waals surface area (Å²) >= 11 is 0. The lowest BCUT2D eigenvalue weighted by molar-refractivity contribution is 0.134. The predicted molar refractivity (Wildman–Crippen MR) is 83.2 cm³/mol. The maximum absolute atomic E-state index is 5.08. The summed E-state index contributed by atoms with van der Waals surface area (Å²) in [4.78, 5) is 2.59. The SMILES string of the molecule is CC.CC.COCCCC1CCN(C(C)C)CC1. The molecule has 0 aromatic carbocycles. The zero-order chi connectivity index (χ0) is 14.4. The van der Waals surface area contributed by atoms with E-state index in [0.717, 1.165) is 18.6 Å². The topological polar surface area (TPSA) is 12.5 Å². The van der Waals surface area contributed by atoms with Crippen LogP contribution in [0.1, 0.15) is 67.2 Å². The molecule has 1 heterocycles. The van der Waals surface area contributed by atoms with Crippen molar-refractivity contribution in [2.24, 2.45) is 5.92 Å². The van der Waals surface area contributed by atoms with Gasteiger partial charge in [-0.2, -0.15) is 0 Å². The highest BCUT2D eigenvalue weighted by Crippen LogP contribution is 2.22. The van der Waals surface area contributed by atoms with Crippen LogP contribution in [0.15, 0.2) is 0 Å². The Morgan fingerprint density at radius 1 is 1.06 bits per heavy atom. The van der Waals surface area contributed by atoms with Crippen molar-refractivity contribution in [2.45, 2.75) is 73.3 Å². The lowest BCUT2D eigenvalue weighted by Crippen LogP contribution is -2.38. The average molecular weight is 259 g/mol. The van der Waals surface area contributed by atoms with Crippen LogP contribution in [0.5, 0.6) is 0 Å². The first-order chi connectivity index (χ1) is 8.74. The summed E-state index contributed by atoms with van der Waals surface area (Å²) in [6, 6.07) is 0.731. The number of rotatable bonds is 5. The molecule has 0 unspecified atom stereocenters. The van der Waals surface area contributed by atoms with Crippen LogP contribution in [-0.4, -0.2) is 37.7 Å². The first kappa shape index (κ1) is 20.2. The summed E-state index contributed by atoms with van der Waals surface area (Å²) in [5, 5.41) is 0. The van der Waals surface area contributed by atoms with E-state index in [2.05, 4.69) is 18.7 Å². The molecule has 2 nitrogen and oxygen atoms in total.